The van der Waals surface area contributed by atoms with Crippen LogP contribution in [0.4, 0.5) is 0 Å². The number of hydrogen-bond acceptors (Lipinski definition) is 3. The highest BCUT2D eigenvalue weighted by Crippen LogP contribution is 2.34. The number of pyridine rings is 1. The smallest absolute Gasteiger partial charge is 0.201 e. The lowest BCUT2D eigenvalue weighted by Gasteiger charge is -2.33. The summed E-state index contributed by atoms with van der Waals surface area (Å²) in [5, 5.41) is 6.88. The van der Waals surface area contributed by atoms with Crippen LogP contribution in [0.15, 0.2) is 174 Å². The summed E-state index contributed by atoms with van der Waals surface area (Å²) in [6, 6.07) is 56.5. The average molecular weight is 644 g/mol. The molecule has 230 valence electrons. The van der Waals surface area contributed by atoms with Crippen LogP contribution in [0.1, 0.15) is 25.0 Å². The lowest BCUT2D eigenvalue weighted by molar-refractivity contribution is 0.858. The highest BCUT2D eigenvalue weighted by molar-refractivity contribution is 7.99. The molecule has 0 aliphatic rings. The van der Waals surface area contributed by atoms with Gasteiger partial charge in [0.1, 0.15) is 5.03 Å². The van der Waals surface area contributed by atoms with Crippen LogP contribution in [-0.4, -0.2) is 22.6 Å². The van der Waals surface area contributed by atoms with Crippen molar-refractivity contribution in [2.24, 2.45) is 0 Å². The van der Waals surface area contributed by atoms with Crippen LogP contribution in [-0.2, 0) is 12.8 Å². The maximum Gasteiger partial charge on any atom is 0.201 e. The van der Waals surface area contributed by atoms with Crippen LogP contribution in [0.5, 0.6) is 0 Å². The molecule has 0 aliphatic carbocycles. The number of aromatic nitrogens is 3. The second kappa shape index (κ2) is 13.8. The molecule has 0 N–H and O–H groups in total. The van der Waals surface area contributed by atoms with Crippen molar-refractivity contribution in [1.82, 2.24) is 14.5 Å². The summed E-state index contributed by atoms with van der Waals surface area (Å²) in [7, 11) is -2.75. The highest BCUT2D eigenvalue weighted by atomic mass is 32.2. The van der Waals surface area contributed by atoms with Crippen molar-refractivity contribution in [2.45, 2.75) is 36.9 Å². The third-order valence-electron chi connectivity index (χ3n) is 8.87. The van der Waals surface area contributed by atoms with Gasteiger partial charge in [0, 0.05) is 17.1 Å². The lowest BCUT2D eigenvalue weighted by atomic mass is 10.0. The van der Waals surface area contributed by atoms with E-state index in [1.807, 2.05) is 0 Å². The van der Waals surface area contributed by atoms with Crippen molar-refractivity contribution < 1.29 is 0 Å². The van der Waals surface area contributed by atoms with Crippen molar-refractivity contribution in [3.05, 3.63) is 175 Å². The largest absolute Gasteiger partial charge is 0.293 e. The van der Waals surface area contributed by atoms with Gasteiger partial charge in [-0.3, -0.25) is 4.57 Å². The summed E-state index contributed by atoms with van der Waals surface area (Å²) in [5.41, 5.74) is 5.92. The minimum Gasteiger partial charge on any atom is -0.293 e. The Balaban J connectivity index is 1.42. The van der Waals surface area contributed by atoms with Gasteiger partial charge in [-0.1, -0.05) is 159 Å². The third kappa shape index (κ3) is 5.89. The first-order valence-electron chi connectivity index (χ1n) is 16.3. The fourth-order valence-electron chi connectivity index (χ4n) is 6.65. The highest BCUT2D eigenvalue weighted by Gasteiger charge is 2.43. The summed E-state index contributed by atoms with van der Waals surface area (Å²) < 4.78 is 2.30. The summed E-state index contributed by atoms with van der Waals surface area (Å²) in [6.45, 7) is 4.46. The zero-order chi connectivity index (χ0) is 32.1. The topological polar surface area (TPSA) is 30.7 Å². The molecule has 0 atom stereocenters. The maximum absolute atomic E-state index is 5.54. The molecule has 2 aromatic heterocycles. The van der Waals surface area contributed by atoms with Crippen molar-refractivity contribution in [3.8, 4) is 16.9 Å². The van der Waals surface area contributed by atoms with E-state index >= 15 is 0 Å². The standard InChI is InChI=1S/C42H37N3SSi/c1-3-32-21-17-22-33(4-2)41(32)45-31-38(34-19-9-5-10-20-34)43-42(45)46-39-29-18-30-40(44-39)47(35-23-11-6-12-24-35,36-25-13-7-14-26-36)37-27-15-8-16-28-37/h5-31H,3-4H2,1-2H3. The van der Waals surface area contributed by atoms with Crippen LogP contribution in [0.25, 0.3) is 16.9 Å². The Labute approximate surface area is 283 Å². The summed E-state index contributed by atoms with van der Waals surface area (Å²) >= 11 is 1.64. The molecule has 3 nitrogen and oxygen atoms in total. The molecule has 0 fully saturated rings. The minimum absolute atomic E-state index is 0.913. The molecule has 0 saturated heterocycles. The van der Waals surface area contributed by atoms with Crippen LogP contribution < -0.4 is 20.9 Å². The Morgan fingerprint density at radius 1 is 0.532 bits per heavy atom. The second-order valence-electron chi connectivity index (χ2n) is 11.6. The van der Waals surface area contributed by atoms with Crippen LogP contribution >= 0.6 is 11.8 Å². The number of imidazole rings is 1. The van der Waals surface area contributed by atoms with Crippen molar-refractivity contribution in [3.63, 3.8) is 0 Å². The molecule has 0 saturated carbocycles. The average Bonchev–Trinajstić information content (AvgIpc) is 3.56. The Kier molecular flexibility index (Phi) is 9.00. The van der Waals surface area contributed by atoms with E-state index in [1.165, 1.54) is 32.4 Å². The number of para-hydroxylation sites is 1. The molecule has 0 bridgehead atoms. The van der Waals surface area contributed by atoms with Crippen molar-refractivity contribution in [2.75, 3.05) is 0 Å². The zero-order valence-electron chi connectivity index (χ0n) is 26.8. The first-order chi connectivity index (χ1) is 23.2. The van der Waals surface area contributed by atoms with Crippen molar-refractivity contribution >= 4 is 40.7 Å². The third-order valence-corrected chi connectivity index (χ3v) is 14.4. The molecule has 7 rings (SSSR count). The molecule has 47 heavy (non-hydrogen) atoms. The summed E-state index contributed by atoms with van der Waals surface area (Å²) in [5.74, 6) is 0. The van der Waals surface area contributed by atoms with Gasteiger partial charge in [-0.2, -0.15) is 0 Å². The Morgan fingerprint density at radius 3 is 1.53 bits per heavy atom. The normalized spacial score (nSPS) is 11.4. The fraction of sp³-hybridized carbons (Fsp3) is 0.0952. The fourth-order valence-corrected chi connectivity index (χ4v) is 12.2. The van der Waals surface area contributed by atoms with Crippen LogP contribution in [0.2, 0.25) is 0 Å². The Bertz CT molecular complexity index is 1960. The van der Waals surface area contributed by atoms with Gasteiger partial charge < -0.3 is 0 Å². The molecule has 0 spiro atoms. The number of hydrogen-bond donors (Lipinski definition) is 0. The van der Waals surface area contributed by atoms with E-state index in [0.29, 0.717) is 0 Å². The first-order valence-corrected chi connectivity index (χ1v) is 19.1. The summed E-state index contributed by atoms with van der Waals surface area (Å²) in [6.07, 6.45) is 4.09. The molecule has 7 aromatic rings. The maximum atomic E-state index is 5.54. The van der Waals surface area contributed by atoms with Crippen molar-refractivity contribution in [1.29, 1.82) is 0 Å². The Hall–Kier alpha value is -4.97. The van der Waals surface area contributed by atoms with Gasteiger partial charge >= 0.3 is 0 Å². The van der Waals surface area contributed by atoms with E-state index in [0.717, 1.165) is 39.6 Å². The predicted octanol–water partition coefficient (Wildman–Crippen LogP) is 7.59. The zero-order valence-corrected chi connectivity index (χ0v) is 28.6. The first kappa shape index (κ1) is 30.7. The molecule has 0 amide bonds. The van der Waals surface area contributed by atoms with E-state index in [1.54, 1.807) is 11.8 Å². The molecule has 0 unspecified atom stereocenters. The van der Waals surface area contributed by atoms with Gasteiger partial charge in [0.15, 0.2) is 5.16 Å². The quantitative estimate of drug-likeness (QED) is 0.114. The minimum atomic E-state index is -2.75. The number of nitrogens with zero attached hydrogens (tertiary/aromatic N) is 3. The number of benzene rings is 5. The van der Waals surface area contributed by atoms with E-state index in [4.69, 9.17) is 9.97 Å². The lowest BCUT2D eigenvalue weighted by Crippen LogP contribution is -2.75. The van der Waals surface area contributed by atoms with Crippen LogP contribution in [0, 0.1) is 0 Å². The van der Waals surface area contributed by atoms with Gasteiger partial charge in [-0.05, 0) is 63.4 Å². The van der Waals surface area contributed by atoms with E-state index in [9.17, 15) is 0 Å². The number of aryl methyl sites for hydroxylation is 2. The van der Waals surface area contributed by atoms with E-state index < -0.39 is 8.07 Å². The van der Waals surface area contributed by atoms with E-state index in [2.05, 4.69) is 182 Å². The molecule has 5 aromatic carbocycles. The van der Waals surface area contributed by atoms with E-state index in [-0.39, 0.29) is 0 Å². The van der Waals surface area contributed by atoms with Gasteiger partial charge in [0.25, 0.3) is 0 Å². The number of rotatable bonds is 10. The van der Waals surface area contributed by atoms with Gasteiger partial charge in [0.2, 0.25) is 8.07 Å². The molecule has 2 heterocycles. The van der Waals surface area contributed by atoms with Gasteiger partial charge in [-0.15, -0.1) is 0 Å². The summed E-state index contributed by atoms with van der Waals surface area (Å²) in [4.78, 5) is 10.8. The predicted molar refractivity (Wildman–Crippen MR) is 200 cm³/mol. The molecule has 0 radical (unpaired) electrons. The molecular formula is C42H37N3SSi. The Morgan fingerprint density at radius 2 is 1.02 bits per heavy atom. The monoisotopic (exact) mass is 643 g/mol. The van der Waals surface area contributed by atoms with Crippen LogP contribution in [0.3, 0.4) is 0 Å². The second-order valence-corrected chi connectivity index (χ2v) is 16.3. The molecule has 5 heteroatoms. The van der Waals surface area contributed by atoms with Gasteiger partial charge in [-0.25, -0.2) is 9.97 Å². The molecule has 0 aliphatic heterocycles. The van der Waals surface area contributed by atoms with Gasteiger partial charge in [0.05, 0.1) is 11.4 Å². The SMILES string of the molecule is CCc1cccc(CC)c1-n1cc(-c2ccccc2)nc1Sc1cccc([Si](c2ccccc2)(c2ccccc2)c2ccccc2)n1. The molecular weight excluding hydrogens is 607 g/mol.